The molecule has 0 fully saturated rings. The minimum Gasteiger partial charge on any atom is -0.490 e. The van der Waals surface area contributed by atoms with E-state index in [0.29, 0.717) is 5.56 Å². The molecule has 0 heterocycles. The molecule has 5 nitrogen and oxygen atoms in total. The van der Waals surface area contributed by atoms with Crippen molar-refractivity contribution in [2.75, 3.05) is 12.4 Å². The van der Waals surface area contributed by atoms with Gasteiger partial charge in [-0.25, -0.2) is 13.2 Å². The summed E-state index contributed by atoms with van der Waals surface area (Å²) in [5.41, 5.74) is 0.102. The molecule has 0 aliphatic carbocycles. The van der Waals surface area contributed by atoms with Gasteiger partial charge in [0.2, 0.25) is 0 Å². The summed E-state index contributed by atoms with van der Waals surface area (Å²) in [6.45, 7) is 0.168. The second-order valence-corrected chi connectivity index (χ2v) is 4.66. The van der Waals surface area contributed by atoms with Crippen molar-refractivity contribution < 1.29 is 22.8 Å². The maximum Gasteiger partial charge on any atom is 0.313 e. The highest BCUT2D eigenvalue weighted by Gasteiger charge is 2.19. The van der Waals surface area contributed by atoms with E-state index in [1.165, 1.54) is 37.4 Å². The standard InChI is InChI=1S/C15H13F3N2O3/c1-23-14-7-12(11(16)6-13(14)20(21)22)19-8-9-2-4-10(5-3-9)15(17)18/h2-7,15,19H,8H2,1H3. The molecular formula is C15H13F3N2O3. The van der Waals surface area contributed by atoms with Gasteiger partial charge in [0.25, 0.3) is 6.43 Å². The number of hydrogen-bond acceptors (Lipinski definition) is 4. The Bertz CT molecular complexity index is 706. The number of nitrogens with zero attached hydrogens (tertiary/aromatic N) is 1. The lowest BCUT2D eigenvalue weighted by Gasteiger charge is -2.10. The first kappa shape index (κ1) is 16.6. The third-order valence-corrected chi connectivity index (χ3v) is 3.18. The normalized spacial score (nSPS) is 10.7. The van der Waals surface area contributed by atoms with Crippen LogP contribution in [0, 0.1) is 15.9 Å². The number of anilines is 1. The summed E-state index contributed by atoms with van der Waals surface area (Å²) in [6.07, 6.45) is -2.55. The fraction of sp³-hybridized carbons (Fsp3) is 0.200. The molecule has 0 saturated heterocycles. The number of nitro groups is 1. The van der Waals surface area contributed by atoms with Crippen LogP contribution in [0.2, 0.25) is 0 Å². The Morgan fingerprint density at radius 2 is 1.91 bits per heavy atom. The molecule has 0 aliphatic heterocycles. The van der Waals surface area contributed by atoms with Crippen LogP contribution in [0.3, 0.4) is 0 Å². The van der Waals surface area contributed by atoms with Crippen LogP contribution in [0.1, 0.15) is 17.6 Å². The molecule has 0 bridgehead atoms. The van der Waals surface area contributed by atoms with E-state index in [2.05, 4.69) is 5.32 Å². The molecule has 0 amide bonds. The van der Waals surface area contributed by atoms with E-state index >= 15 is 0 Å². The molecule has 0 atom stereocenters. The van der Waals surface area contributed by atoms with E-state index in [4.69, 9.17) is 4.74 Å². The van der Waals surface area contributed by atoms with Crippen molar-refractivity contribution in [1.82, 2.24) is 0 Å². The summed E-state index contributed by atoms with van der Waals surface area (Å²) in [4.78, 5) is 10.0. The molecule has 1 N–H and O–H groups in total. The van der Waals surface area contributed by atoms with E-state index in [1.807, 2.05) is 0 Å². The number of ether oxygens (including phenoxy) is 1. The zero-order chi connectivity index (χ0) is 17.0. The second kappa shape index (κ2) is 6.99. The molecule has 0 aliphatic rings. The summed E-state index contributed by atoms with van der Waals surface area (Å²) < 4.78 is 43.7. The van der Waals surface area contributed by atoms with Gasteiger partial charge in [-0.1, -0.05) is 24.3 Å². The number of nitro benzene ring substituents is 1. The Labute approximate surface area is 129 Å². The Kier molecular flexibility index (Phi) is 5.05. The number of benzene rings is 2. The molecule has 0 aromatic heterocycles. The predicted octanol–water partition coefficient (Wildman–Crippen LogP) is 4.29. The number of rotatable bonds is 6. The first-order valence-corrected chi connectivity index (χ1v) is 6.55. The molecule has 8 heteroatoms. The first-order valence-electron chi connectivity index (χ1n) is 6.55. The molecule has 2 aromatic rings. The summed E-state index contributed by atoms with van der Waals surface area (Å²) in [5.74, 6) is -0.881. The van der Waals surface area contributed by atoms with Crippen molar-refractivity contribution in [2.24, 2.45) is 0 Å². The number of nitrogens with one attached hydrogen (secondary N) is 1. The number of methoxy groups -OCH3 is 1. The van der Waals surface area contributed by atoms with Crippen LogP contribution < -0.4 is 10.1 Å². The Balaban J connectivity index is 2.15. The smallest absolute Gasteiger partial charge is 0.313 e. The first-order chi connectivity index (χ1) is 10.9. The van der Waals surface area contributed by atoms with Crippen LogP contribution >= 0.6 is 0 Å². The zero-order valence-corrected chi connectivity index (χ0v) is 12.1. The van der Waals surface area contributed by atoms with Gasteiger partial charge >= 0.3 is 5.69 Å². The van der Waals surface area contributed by atoms with Crippen LogP contribution in [0.5, 0.6) is 5.75 Å². The molecule has 2 aromatic carbocycles. The monoisotopic (exact) mass is 326 g/mol. The molecular weight excluding hydrogens is 313 g/mol. The molecule has 23 heavy (non-hydrogen) atoms. The van der Waals surface area contributed by atoms with Crippen molar-refractivity contribution in [3.63, 3.8) is 0 Å². The maximum atomic E-state index is 13.9. The van der Waals surface area contributed by atoms with Gasteiger partial charge in [0.05, 0.1) is 23.8 Å². The van der Waals surface area contributed by atoms with Crippen LogP contribution in [0.15, 0.2) is 36.4 Å². The number of alkyl halides is 2. The van der Waals surface area contributed by atoms with E-state index in [-0.39, 0.29) is 23.5 Å². The summed E-state index contributed by atoms with van der Waals surface area (Å²) >= 11 is 0. The molecule has 0 saturated carbocycles. The maximum absolute atomic E-state index is 13.9. The lowest BCUT2D eigenvalue weighted by molar-refractivity contribution is -0.385. The van der Waals surface area contributed by atoms with Crippen molar-refractivity contribution in [2.45, 2.75) is 13.0 Å². The number of halogens is 3. The number of hydrogen-bond donors (Lipinski definition) is 1. The predicted molar refractivity (Wildman–Crippen MR) is 78.3 cm³/mol. The van der Waals surface area contributed by atoms with E-state index < -0.39 is 22.9 Å². The van der Waals surface area contributed by atoms with Crippen LogP contribution in [0.25, 0.3) is 0 Å². The lowest BCUT2D eigenvalue weighted by Crippen LogP contribution is -2.03. The van der Waals surface area contributed by atoms with Gasteiger partial charge in [-0.2, -0.15) is 0 Å². The molecule has 2 rings (SSSR count). The van der Waals surface area contributed by atoms with Crippen molar-refractivity contribution in [3.05, 3.63) is 63.5 Å². The largest absolute Gasteiger partial charge is 0.490 e. The van der Waals surface area contributed by atoms with Gasteiger partial charge in [0, 0.05) is 18.2 Å². The van der Waals surface area contributed by atoms with Gasteiger partial charge in [-0.05, 0) is 5.56 Å². The van der Waals surface area contributed by atoms with E-state index in [0.717, 1.165) is 6.07 Å². The van der Waals surface area contributed by atoms with Gasteiger partial charge < -0.3 is 10.1 Å². The topological polar surface area (TPSA) is 64.4 Å². The fourth-order valence-electron chi connectivity index (χ4n) is 1.96. The van der Waals surface area contributed by atoms with Gasteiger partial charge in [-0.3, -0.25) is 10.1 Å². The lowest BCUT2D eigenvalue weighted by atomic mass is 10.1. The second-order valence-electron chi connectivity index (χ2n) is 4.66. The summed E-state index contributed by atoms with van der Waals surface area (Å²) in [7, 11) is 1.24. The highest BCUT2D eigenvalue weighted by Crippen LogP contribution is 2.32. The average molecular weight is 326 g/mol. The minimum absolute atomic E-state index is 0.0189. The highest BCUT2D eigenvalue weighted by atomic mass is 19.3. The van der Waals surface area contributed by atoms with E-state index in [9.17, 15) is 23.3 Å². The van der Waals surface area contributed by atoms with Crippen LogP contribution in [-0.2, 0) is 6.54 Å². The zero-order valence-electron chi connectivity index (χ0n) is 12.1. The molecule has 0 unspecified atom stereocenters. The Morgan fingerprint density at radius 3 is 2.43 bits per heavy atom. The quantitative estimate of drug-likeness (QED) is 0.635. The molecule has 0 spiro atoms. The van der Waals surface area contributed by atoms with Gasteiger partial charge in [-0.15, -0.1) is 0 Å². The third-order valence-electron chi connectivity index (χ3n) is 3.18. The van der Waals surface area contributed by atoms with Crippen molar-refractivity contribution in [1.29, 1.82) is 0 Å². The minimum atomic E-state index is -2.55. The molecule has 0 radical (unpaired) electrons. The SMILES string of the molecule is COc1cc(NCc2ccc(C(F)F)cc2)c(F)cc1[N+](=O)[O-]. The van der Waals surface area contributed by atoms with Gasteiger partial charge in [0.1, 0.15) is 0 Å². The van der Waals surface area contributed by atoms with Crippen LogP contribution in [-0.4, -0.2) is 12.0 Å². The average Bonchev–Trinajstić information content (AvgIpc) is 2.53. The van der Waals surface area contributed by atoms with Crippen molar-refractivity contribution >= 4 is 11.4 Å². The Hall–Kier alpha value is -2.77. The highest BCUT2D eigenvalue weighted by molar-refractivity contribution is 5.59. The van der Waals surface area contributed by atoms with E-state index in [1.54, 1.807) is 0 Å². The Morgan fingerprint density at radius 1 is 1.26 bits per heavy atom. The summed E-state index contributed by atoms with van der Waals surface area (Å²) in [6, 6.07) is 7.51. The third kappa shape index (κ3) is 3.91. The summed E-state index contributed by atoms with van der Waals surface area (Å²) in [5, 5.41) is 13.5. The molecule has 122 valence electrons. The van der Waals surface area contributed by atoms with Crippen molar-refractivity contribution in [3.8, 4) is 5.75 Å². The van der Waals surface area contributed by atoms with Crippen LogP contribution in [0.4, 0.5) is 24.5 Å². The fourth-order valence-corrected chi connectivity index (χ4v) is 1.96. The van der Waals surface area contributed by atoms with Gasteiger partial charge in [0.15, 0.2) is 11.6 Å².